The summed E-state index contributed by atoms with van der Waals surface area (Å²) >= 11 is 9.68. The van der Waals surface area contributed by atoms with Crippen LogP contribution < -0.4 is 4.74 Å². The van der Waals surface area contributed by atoms with Crippen LogP contribution in [0.2, 0.25) is 5.02 Å². The standard InChI is InChI=1S/C28H28ClNO3S2/c1-17-13-21-24(33-16-20-5-4-12-34-20)11-10-22-25(21)26(35-17)23(14-28(2,3)27(31)32)30(22)15-18-6-8-19(29)9-7-18/h4-12,17H,13-16H2,1-3H3,(H,31,32). The van der Waals surface area contributed by atoms with Crippen LogP contribution in [-0.4, -0.2) is 20.9 Å². The zero-order valence-corrected chi connectivity index (χ0v) is 22.4. The number of hydrogen-bond donors (Lipinski definition) is 1. The highest BCUT2D eigenvalue weighted by Gasteiger charge is 2.34. The molecule has 0 saturated carbocycles. The largest absolute Gasteiger partial charge is 0.488 e. The second kappa shape index (κ2) is 9.57. The number of hydrogen-bond acceptors (Lipinski definition) is 4. The first-order valence-corrected chi connectivity index (χ1v) is 13.8. The number of thiophene rings is 1. The Labute approximate surface area is 218 Å². The van der Waals surface area contributed by atoms with Gasteiger partial charge in [-0.3, -0.25) is 4.79 Å². The molecule has 3 heterocycles. The number of rotatable bonds is 8. The molecule has 4 nitrogen and oxygen atoms in total. The van der Waals surface area contributed by atoms with Gasteiger partial charge in [-0.05, 0) is 61.5 Å². The highest BCUT2D eigenvalue weighted by atomic mass is 35.5. The van der Waals surface area contributed by atoms with Gasteiger partial charge in [0, 0.05) is 49.7 Å². The average molecular weight is 526 g/mol. The minimum atomic E-state index is -0.886. The van der Waals surface area contributed by atoms with E-state index in [0.29, 0.717) is 29.8 Å². The Morgan fingerprint density at radius 3 is 2.66 bits per heavy atom. The maximum Gasteiger partial charge on any atom is 0.309 e. The molecular weight excluding hydrogens is 498 g/mol. The molecule has 0 radical (unpaired) electrons. The quantitative estimate of drug-likeness (QED) is 0.256. The molecule has 0 saturated heterocycles. The summed E-state index contributed by atoms with van der Waals surface area (Å²) in [4.78, 5) is 14.5. The van der Waals surface area contributed by atoms with Crippen LogP contribution in [0.25, 0.3) is 10.9 Å². The summed E-state index contributed by atoms with van der Waals surface area (Å²) in [5, 5.41) is 14.3. The van der Waals surface area contributed by atoms with Gasteiger partial charge in [0.05, 0.1) is 10.9 Å². The molecule has 2 aromatic carbocycles. The van der Waals surface area contributed by atoms with Crippen LogP contribution >= 0.6 is 34.7 Å². The molecule has 7 heteroatoms. The monoisotopic (exact) mass is 525 g/mol. The lowest BCUT2D eigenvalue weighted by Gasteiger charge is -2.24. The molecule has 0 bridgehead atoms. The first-order chi connectivity index (χ1) is 16.7. The molecule has 0 amide bonds. The smallest absolute Gasteiger partial charge is 0.309 e. The third kappa shape index (κ3) is 4.84. The number of nitrogens with zero attached hydrogens (tertiary/aromatic N) is 1. The topological polar surface area (TPSA) is 51.5 Å². The summed E-state index contributed by atoms with van der Waals surface area (Å²) in [7, 11) is 0. The lowest BCUT2D eigenvalue weighted by Crippen LogP contribution is -2.28. The van der Waals surface area contributed by atoms with E-state index in [0.717, 1.165) is 28.9 Å². The maximum absolute atomic E-state index is 12.1. The van der Waals surface area contributed by atoms with Crippen molar-refractivity contribution in [1.29, 1.82) is 0 Å². The van der Waals surface area contributed by atoms with Gasteiger partial charge < -0.3 is 14.4 Å². The summed E-state index contributed by atoms with van der Waals surface area (Å²) in [6.07, 6.45) is 1.37. The van der Waals surface area contributed by atoms with Crippen LogP contribution in [0.15, 0.2) is 58.8 Å². The number of aliphatic carboxylic acids is 1. The van der Waals surface area contributed by atoms with Crippen LogP contribution in [0, 0.1) is 5.41 Å². The van der Waals surface area contributed by atoms with Gasteiger partial charge in [0.15, 0.2) is 0 Å². The predicted octanol–water partition coefficient (Wildman–Crippen LogP) is 7.67. The molecule has 0 spiro atoms. The molecule has 35 heavy (non-hydrogen) atoms. The normalized spacial score (nSPS) is 15.5. The van der Waals surface area contributed by atoms with E-state index in [2.05, 4.69) is 35.1 Å². The summed E-state index contributed by atoms with van der Waals surface area (Å²) in [5.74, 6) is 0.133. The molecule has 5 rings (SSSR count). The first-order valence-electron chi connectivity index (χ1n) is 11.7. The molecule has 0 aliphatic carbocycles. The van der Waals surface area contributed by atoms with E-state index in [1.165, 1.54) is 20.7 Å². The maximum atomic E-state index is 12.1. The Morgan fingerprint density at radius 2 is 1.97 bits per heavy atom. The Kier molecular flexibility index (Phi) is 6.64. The fourth-order valence-corrected chi connectivity index (χ4v) is 6.73. The molecule has 1 unspecified atom stereocenters. The molecule has 182 valence electrons. The van der Waals surface area contributed by atoms with Gasteiger partial charge in [-0.1, -0.05) is 36.7 Å². The van der Waals surface area contributed by atoms with Crippen LogP contribution in [-0.2, 0) is 30.8 Å². The average Bonchev–Trinajstić information content (AvgIpc) is 3.43. The van der Waals surface area contributed by atoms with E-state index in [4.69, 9.17) is 16.3 Å². The van der Waals surface area contributed by atoms with Crippen molar-refractivity contribution >= 4 is 51.6 Å². The van der Waals surface area contributed by atoms with Crippen LogP contribution in [0.3, 0.4) is 0 Å². The third-order valence-electron chi connectivity index (χ3n) is 6.56. The van der Waals surface area contributed by atoms with E-state index in [1.807, 2.05) is 42.1 Å². The molecular formula is C28H28ClNO3S2. The number of carboxylic acid groups (broad SMARTS) is 1. The number of thioether (sulfide) groups is 1. The van der Waals surface area contributed by atoms with Crippen molar-refractivity contribution in [3.63, 3.8) is 0 Å². The van der Waals surface area contributed by atoms with Gasteiger partial charge in [-0.2, -0.15) is 0 Å². The predicted molar refractivity (Wildman–Crippen MR) is 145 cm³/mol. The molecule has 1 atom stereocenters. The van der Waals surface area contributed by atoms with Crippen LogP contribution in [0.4, 0.5) is 0 Å². The Balaban J connectivity index is 1.66. The number of halogens is 1. The molecule has 1 aliphatic rings. The summed E-state index contributed by atoms with van der Waals surface area (Å²) in [5.41, 5.74) is 3.68. The van der Waals surface area contributed by atoms with E-state index in [9.17, 15) is 9.90 Å². The van der Waals surface area contributed by atoms with E-state index in [1.54, 1.807) is 25.2 Å². The Bertz CT molecular complexity index is 1370. The van der Waals surface area contributed by atoms with E-state index >= 15 is 0 Å². The number of aromatic nitrogens is 1. The molecule has 4 aromatic rings. The zero-order valence-electron chi connectivity index (χ0n) is 20.0. The highest BCUT2D eigenvalue weighted by molar-refractivity contribution is 8.00. The molecule has 0 fully saturated rings. The van der Waals surface area contributed by atoms with Crippen molar-refractivity contribution in [2.45, 2.75) is 56.9 Å². The molecule has 2 aromatic heterocycles. The minimum Gasteiger partial charge on any atom is -0.488 e. The minimum absolute atomic E-state index is 0.371. The van der Waals surface area contributed by atoms with Crippen LogP contribution in [0.1, 0.15) is 42.5 Å². The van der Waals surface area contributed by atoms with Gasteiger partial charge in [0.2, 0.25) is 0 Å². The van der Waals surface area contributed by atoms with Crippen LogP contribution in [0.5, 0.6) is 5.75 Å². The SMILES string of the molecule is CC1Cc2c(OCc3cccs3)ccc3c2c(c(CC(C)(C)C(=O)O)n3Cc2ccc(Cl)cc2)S1. The first kappa shape index (κ1) is 24.3. The Morgan fingerprint density at radius 1 is 1.20 bits per heavy atom. The molecule has 1 aliphatic heterocycles. The van der Waals surface area contributed by atoms with Crippen molar-refractivity contribution in [3.05, 3.63) is 80.6 Å². The Hall–Kier alpha value is -2.41. The van der Waals surface area contributed by atoms with Gasteiger partial charge in [0.1, 0.15) is 12.4 Å². The number of ether oxygens (including phenoxy) is 1. The number of carboxylic acids is 1. The van der Waals surface area contributed by atoms with Gasteiger partial charge in [-0.15, -0.1) is 23.1 Å². The van der Waals surface area contributed by atoms with Gasteiger partial charge >= 0.3 is 5.97 Å². The lowest BCUT2D eigenvalue weighted by molar-refractivity contribution is -0.146. The summed E-state index contributed by atoms with van der Waals surface area (Å²) in [6, 6.07) is 16.2. The van der Waals surface area contributed by atoms with E-state index in [-0.39, 0.29) is 0 Å². The van der Waals surface area contributed by atoms with Crippen molar-refractivity contribution in [2.75, 3.05) is 0 Å². The van der Waals surface area contributed by atoms with Crippen molar-refractivity contribution in [1.82, 2.24) is 4.57 Å². The number of carbonyl (C=O) groups is 1. The van der Waals surface area contributed by atoms with E-state index < -0.39 is 11.4 Å². The third-order valence-corrected chi connectivity index (χ3v) is 8.90. The second-order valence-electron chi connectivity index (χ2n) is 9.79. The summed E-state index contributed by atoms with van der Waals surface area (Å²) < 4.78 is 8.62. The highest BCUT2D eigenvalue weighted by Crippen LogP contribution is 2.48. The van der Waals surface area contributed by atoms with Crippen molar-refractivity contribution in [3.8, 4) is 5.75 Å². The molecule has 1 N–H and O–H groups in total. The lowest BCUT2D eigenvalue weighted by atomic mass is 9.87. The fourth-order valence-electron chi connectivity index (χ4n) is 4.67. The zero-order chi connectivity index (χ0) is 24.7. The summed E-state index contributed by atoms with van der Waals surface area (Å²) in [6.45, 7) is 7.05. The second-order valence-corrected chi connectivity index (χ2v) is 12.7. The van der Waals surface area contributed by atoms with Crippen molar-refractivity contribution in [2.24, 2.45) is 5.41 Å². The van der Waals surface area contributed by atoms with Gasteiger partial charge in [0.25, 0.3) is 0 Å². The van der Waals surface area contributed by atoms with Gasteiger partial charge in [-0.25, -0.2) is 0 Å². The number of benzene rings is 2. The fraction of sp³-hybridized carbons (Fsp3) is 0.321. The van der Waals surface area contributed by atoms with Crippen molar-refractivity contribution < 1.29 is 14.6 Å².